The number of ether oxygens (including phenoxy) is 1. The summed E-state index contributed by atoms with van der Waals surface area (Å²) in [7, 11) is 0. The first-order valence-electron chi connectivity index (χ1n) is 14.0. The number of halogens is 2. The van der Waals surface area contributed by atoms with Crippen LogP contribution >= 0.6 is 0 Å². The number of Topliss-reactive ketones (excluding diaryl/α,β-unsaturated/α-hetero) is 1. The van der Waals surface area contributed by atoms with Crippen LogP contribution in [0.15, 0.2) is 30.3 Å². The molecule has 4 amide bonds. The Morgan fingerprint density at radius 2 is 1.60 bits per heavy atom. The van der Waals surface area contributed by atoms with E-state index in [9.17, 15) is 37.5 Å². The van der Waals surface area contributed by atoms with Crippen molar-refractivity contribution in [1.82, 2.24) is 20.9 Å². The molecule has 1 aromatic carbocycles. The van der Waals surface area contributed by atoms with Crippen LogP contribution in [0.4, 0.5) is 8.78 Å². The van der Waals surface area contributed by atoms with Gasteiger partial charge in [0.05, 0.1) is 12.6 Å². The molecule has 0 aromatic heterocycles. The smallest absolute Gasteiger partial charge is 0.383 e. The molecule has 13 heteroatoms. The molecule has 0 bridgehead atoms. The molecule has 1 heterocycles. The van der Waals surface area contributed by atoms with E-state index in [1.54, 1.807) is 51.1 Å². The van der Waals surface area contributed by atoms with Crippen molar-refractivity contribution in [3.63, 3.8) is 0 Å². The molecule has 1 unspecified atom stereocenters. The molecule has 42 heavy (non-hydrogen) atoms. The minimum absolute atomic E-state index is 0.0907. The Balaban J connectivity index is 2.12. The SMILES string of the molecule is CCOC(=O)CC(=O)N[C@H](C(=O)N1CCCC1C(=O)N[C@H](C(=O)C(F)(F)C(=O)NCc1ccccc1)C(C)C)C(C)C. The number of carbonyl (C=O) groups excluding carboxylic acids is 6. The molecule has 1 aliphatic heterocycles. The highest BCUT2D eigenvalue weighted by Crippen LogP contribution is 2.24. The van der Waals surface area contributed by atoms with Gasteiger partial charge in [-0.25, -0.2) is 0 Å². The zero-order chi connectivity index (χ0) is 31.6. The van der Waals surface area contributed by atoms with Gasteiger partial charge in [-0.15, -0.1) is 0 Å². The highest BCUT2D eigenvalue weighted by atomic mass is 19.3. The van der Waals surface area contributed by atoms with Gasteiger partial charge in [0.2, 0.25) is 23.5 Å². The third-order valence-corrected chi connectivity index (χ3v) is 6.84. The molecule has 2 rings (SSSR count). The van der Waals surface area contributed by atoms with E-state index in [2.05, 4.69) is 16.0 Å². The second kappa shape index (κ2) is 15.4. The van der Waals surface area contributed by atoms with Crippen LogP contribution in [0, 0.1) is 11.8 Å². The number of ketones is 1. The number of rotatable bonds is 14. The van der Waals surface area contributed by atoms with Crippen LogP contribution in [-0.2, 0) is 40.0 Å². The van der Waals surface area contributed by atoms with Gasteiger partial charge in [0.1, 0.15) is 18.5 Å². The zero-order valence-corrected chi connectivity index (χ0v) is 24.6. The Labute approximate surface area is 244 Å². The van der Waals surface area contributed by atoms with Crippen LogP contribution in [0.1, 0.15) is 59.4 Å². The molecule has 3 atom stereocenters. The van der Waals surface area contributed by atoms with E-state index in [4.69, 9.17) is 4.74 Å². The van der Waals surface area contributed by atoms with Crippen molar-refractivity contribution in [1.29, 1.82) is 0 Å². The van der Waals surface area contributed by atoms with Crippen LogP contribution in [0.5, 0.6) is 0 Å². The molecule has 1 aromatic rings. The Hall–Kier alpha value is -3.90. The van der Waals surface area contributed by atoms with Gasteiger partial charge in [-0.1, -0.05) is 58.0 Å². The maximum Gasteiger partial charge on any atom is 0.383 e. The molecule has 0 spiro atoms. The van der Waals surface area contributed by atoms with Gasteiger partial charge in [-0.3, -0.25) is 28.8 Å². The quantitative estimate of drug-likeness (QED) is 0.219. The fraction of sp³-hybridized carbons (Fsp3) is 0.586. The molecule has 1 saturated heterocycles. The summed E-state index contributed by atoms with van der Waals surface area (Å²) in [6.07, 6.45) is 0.0372. The van der Waals surface area contributed by atoms with Gasteiger partial charge in [-0.05, 0) is 37.2 Å². The average molecular weight is 595 g/mol. The standard InChI is InChI=1S/C29H40F2N4O7/c1-6-42-22(37)15-21(36)33-24(18(4)5)27(40)35-14-10-13-20(35)26(39)34-23(17(2)3)25(38)29(30,31)28(41)32-16-19-11-8-7-9-12-19/h7-9,11-12,17-18,20,23-24H,6,10,13-16H2,1-5H3,(H,32,41)(H,33,36)(H,34,39)/t20?,23-,24-/m0/s1. The lowest BCUT2D eigenvalue weighted by molar-refractivity contribution is -0.161. The molecular formula is C29H40F2N4O7. The second-order valence-corrected chi connectivity index (χ2v) is 10.8. The number of carbonyl (C=O) groups is 6. The lowest BCUT2D eigenvalue weighted by atomic mass is 9.94. The predicted octanol–water partition coefficient (Wildman–Crippen LogP) is 1.73. The van der Waals surface area contributed by atoms with E-state index < -0.39 is 77.7 Å². The summed E-state index contributed by atoms with van der Waals surface area (Å²) < 4.78 is 34.7. The number of esters is 1. The summed E-state index contributed by atoms with van der Waals surface area (Å²) in [5.41, 5.74) is 0.561. The van der Waals surface area contributed by atoms with E-state index in [0.717, 1.165) is 0 Å². The van der Waals surface area contributed by atoms with Crippen LogP contribution in [0.2, 0.25) is 0 Å². The summed E-state index contributed by atoms with van der Waals surface area (Å²) in [6.45, 7) is 7.88. The largest absolute Gasteiger partial charge is 0.466 e. The third kappa shape index (κ3) is 9.05. The van der Waals surface area contributed by atoms with Crippen molar-refractivity contribution in [2.45, 2.75) is 84.5 Å². The van der Waals surface area contributed by atoms with Crippen LogP contribution in [0.3, 0.4) is 0 Å². The van der Waals surface area contributed by atoms with Crippen molar-refractivity contribution < 1.29 is 42.3 Å². The number of alkyl halides is 2. The van der Waals surface area contributed by atoms with Crippen molar-refractivity contribution in [3.05, 3.63) is 35.9 Å². The lowest BCUT2D eigenvalue weighted by Crippen LogP contribution is -2.60. The molecule has 1 fully saturated rings. The van der Waals surface area contributed by atoms with Gasteiger partial charge in [0, 0.05) is 13.1 Å². The number of hydrogen-bond donors (Lipinski definition) is 3. The topological polar surface area (TPSA) is 151 Å². The number of hydrogen-bond acceptors (Lipinski definition) is 7. The molecule has 0 radical (unpaired) electrons. The summed E-state index contributed by atoms with van der Waals surface area (Å²) >= 11 is 0. The third-order valence-electron chi connectivity index (χ3n) is 6.84. The molecule has 3 N–H and O–H groups in total. The first-order chi connectivity index (χ1) is 19.7. The number of amides is 4. The van der Waals surface area contributed by atoms with E-state index in [0.29, 0.717) is 12.0 Å². The first-order valence-corrected chi connectivity index (χ1v) is 14.0. The summed E-state index contributed by atoms with van der Waals surface area (Å²) in [4.78, 5) is 77.1. The van der Waals surface area contributed by atoms with Crippen LogP contribution in [0.25, 0.3) is 0 Å². The highest BCUT2D eigenvalue weighted by Gasteiger charge is 2.51. The molecule has 1 aliphatic rings. The predicted molar refractivity (Wildman–Crippen MR) is 148 cm³/mol. The lowest BCUT2D eigenvalue weighted by Gasteiger charge is -2.32. The number of nitrogens with zero attached hydrogens (tertiary/aromatic N) is 1. The Morgan fingerprint density at radius 1 is 0.976 bits per heavy atom. The summed E-state index contributed by atoms with van der Waals surface area (Å²) in [6, 6.07) is 4.46. The van der Waals surface area contributed by atoms with Gasteiger partial charge in [0.15, 0.2) is 0 Å². The average Bonchev–Trinajstić information content (AvgIpc) is 3.43. The van der Waals surface area contributed by atoms with Gasteiger partial charge in [0.25, 0.3) is 5.91 Å². The maximum atomic E-state index is 15.0. The highest BCUT2D eigenvalue weighted by molar-refractivity contribution is 6.10. The van der Waals surface area contributed by atoms with Gasteiger partial charge < -0.3 is 25.6 Å². The van der Waals surface area contributed by atoms with Crippen LogP contribution < -0.4 is 16.0 Å². The maximum absolute atomic E-state index is 15.0. The Kier molecular flexibility index (Phi) is 12.5. The van der Waals surface area contributed by atoms with Crippen molar-refractivity contribution in [3.8, 4) is 0 Å². The normalized spacial score (nSPS) is 16.5. The minimum atomic E-state index is -4.42. The molecule has 0 aliphatic carbocycles. The Bertz CT molecular complexity index is 1140. The molecule has 11 nitrogen and oxygen atoms in total. The Morgan fingerprint density at radius 3 is 2.17 bits per heavy atom. The monoisotopic (exact) mass is 594 g/mol. The second-order valence-electron chi connectivity index (χ2n) is 10.8. The zero-order valence-electron chi connectivity index (χ0n) is 24.6. The number of nitrogens with one attached hydrogen (secondary N) is 3. The number of likely N-dealkylation sites (tertiary alicyclic amines) is 1. The van der Waals surface area contributed by atoms with E-state index in [1.165, 1.54) is 18.7 Å². The number of benzene rings is 1. The molecule has 232 valence electrons. The van der Waals surface area contributed by atoms with Gasteiger partial charge in [-0.2, -0.15) is 8.78 Å². The van der Waals surface area contributed by atoms with E-state index >= 15 is 0 Å². The van der Waals surface area contributed by atoms with E-state index in [1.807, 2.05) is 0 Å². The van der Waals surface area contributed by atoms with Crippen LogP contribution in [-0.4, -0.2) is 77.5 Å². The van der Waals surface area contributed by atoms with Crippen molar-refractivity contribution >= 4 is 35.4 Å². The van der Waals surface area contributed by atoms with E-state index in [-0.39, 0.29) is 26.1 Å². The fourth-order valence-electron chi connectivity index (χ4n) is 4.54. The van der Waals surface area contributed by atoms with Gasteiger partial charge >= 0.3 is 11.9 Å². The molecule has 0 saturated carbocycles. The first kappa shape index (κ1) is 34.3. The fourth-order valence-corrected chi connectivity index (χ4v) is 4.54. The van der Waals surface area contributed by atoms with Crippen molar-refractivity contribution in [2.24, 2.45) is 11.8 Å². The van der Waals surface area contributed by atoms with Crippen molar-refractivity contribution in [2.75, 3.05) is 13.2 Å². The summed E-state index contributed by atoms with van der Waals surface area (Å²) in [5, 5.41) is 6.91. The molecular weight excluding hydrogens is 554 g/mol. The summed E-state index contributed by atoms with van der Waals surface area (Å²) in [5.74, 6) is -12.1. The minimum Gasteiger partial charge on any atom is -0.466 e.